The van der Waals surface area contributed by atoms with Gasteiger partial charge in [-0.25, -0.2) is 4.98 Å². The Morgan fingerprint density at radius 3 is 2.59 bits per heavy atom. The summed E-state index contributed by atoms with van der Waals surface area (Å²) in [6.07, 6.45) is 7.39. The third kappa shape index (κ3) is 4.44. The average molecular weight is 386 g/mol. The molecule has 4 rings (SSSR count). The zero-order valence-electron chi connectivity index (χ0n) is 16.2. The van der Waals surface area contributed by atoms with Gasteiger partial charge in [0.25, 0.3) is 0 Å². The fraction of sp³-hybridized carbons (Fsp3) is 0.130. The van der Waals surface area contributed by atoms with Gasteiger partial charge in [-0.05, 0) is 42.5 Å². The van der Waals surface area contributed by atoms with E-state index in [0.29, 0.717) is 30.5 Å². The van der Waals surface area contributed by atoms with E-state index in [4.69, 9.17) is 9.47 Å². The lowest BCUT2D eigenvalue weighted by Crippen LogP contribution is -2.16. The summed E-state index contributed by atoms with van der Waals surface area (Å²) in [6.45, 7) is 1.32. The second-order valence-electron chi connectivity index (χ2n) is 6.40. The van der Waals surface area contributed by atoms with E-state index in [-0.39, 0.29) is 0 Å². The first-order chi connectivity index (χ1) is 14.3. The molecule has 0 bridgehead atoms. The van der Waals surface area contributed by atoms with E-state index in [9.17, 15) is 0 Å². The number of nitrogens with zero attached hydrogens (tertiary/aromatic N) is 3. The molecule has 0 aliphatic rings. The lowest BCUT2D eigenvalue weighted by atomic mass is 10.2. The second-order valence-corrected chi connectivity index (χ2v) is 6.40. The van der Waals surface area contributed by atoms with Crippen molar-refractivity contribution < 1.29 is 9.47 Å². The van der Waals surface area contributed by atoms with Crippen molar-refractivity contribution >= 4 is 0 Å². The van der Waals surface area contributed by atoms with E-state index in [1.807, 2.05) is 67.0 Å². The molecule has 4 aromatic rings. The van der Waals surface area contributed by atoms with Crippen molar-refractivity contribution in [3.8, 4) is 23.1 Å². The number of nitrogens with one attached hydrogen (secondary N) is 1. The van der Waals surface area contributed by atoms with Gasteiger partial charge in [-0.1, -0.05) is 18.2 Å². The standard InChI is InChI=1S/C23H22N4O2/c1-28-21-10-2-3-11-22(21)29-23-18(7-4-13-26-23)15-25-17-20-9-6-14-27(20)19-8-5-12-24-16-19/h2-14,16,25H,15,17H2,1H3. The molecule has 1 N–H and O–H groups in total. The first-order valence-corrected chi connectivity index (χ1v) is 9.37. The highest BCUT2D eigenvalue weighted by molar-refractivity contribution is 5.42. The summed E-state index contributed by atoms with van der Waals surface area (Å²) in [5, 5.41) is 3.48. The molecule has 6 heteroatoms. The lowest BCUT2D eigenvalue weighted by molar-refractivity contribution is 0.372. The third-order valence-corrected chi connectivity index (χ3v) is 4.50. The van der Waals surface area contributed by atoms with E-state index in [1.165, 1.54) is 0 Å². The number of aromatic nitrogens is 3. The fourth-order valence-corrected chi connectivity index (χ4v) is 3.09. The molecule has 0 spiro atoms. The molecule has 146 valence electrons. The van der Waals surface area contributed by atoms with Crippen LogP contribution in [0.4, 0.5) is 0 Å². The Hall–Kier alpha value is -3.64. The molecule has 1 aromatic carbocycles. The van der Waals surface area contributed by atoms with E-state index in [0.717, 1.165) is 16.9 Å². The van der Waals surface area contributed by atoms with Gasteiger partial charge in [0.2, 0.25) is 5.88 Å². The van der Waals surface area contributed by atoms with Gasteiger partial charge >= 0.3 is 0 Å². The average Bonchev–Trinajstić information content (AvgIpc) is 3.24. The van der Waals surface area contributed by atoms with Gasteiger partial charge in [-0.3, -0.25) is 4.98 Å². The van der Waals surface area contributed by atoms with Crippen LogP contribution in [0.15, 0.2) is 85.5 Å². The van der Waals surface area contributed by atoms with Crippen molar-refractivity contribution in [2.24, 2.45) is 0 Å². The van der Waals surface area contributed by atoms with Crippen LogP contribution in [-0.2, 0) is 13.1 Å². The number of ether oxygens (including phenoxy) is 2. The van der Waals surface area contributed by atoms with Crippen molar-refractivity contribution in [2.75, 3.05) is 7.11 Å². The van der Waals surface area contributed by atoms with Gasteiger partial charge in [-0.15, -0.1) is 0 Å². The van der Waals surface area contributed by atoms with Gasteiger partial charge < -0.3 is 19.4 Å². The van der Waals surface area contributed by atoms with E-state index >= 15 is 0 Å². The monoisotopic (exact) mass is 386 g/mol. The largest absolute Gasteiger partial charge is 0.493 e. The number of para-hydroxylation sites is 2. The summed E-state index contributed by atoms with van der Waals surface area (Å²) < 4.78 is 13.5. The first-order valence-electron chi connectivity index (χ1n) is 9.37. The number of pyridine rings is 2. The SMILES string of the molecule is COc1ccccc1Oc1ncccc1CNCc1cccn1-c1cccnc1. The van der Waals surface area contributed by atoms with Gasteiger partial charge in [0.05, 0.1) is 19.0 Å². The van der Waals surface area contributed by atoms with E-state index in [2.05, 4.69) is 25.9 Å². The molecular weight excluding hydrogens is 364 g/mol. The zero-order chi connectivity index (χ0) is 19.9. The quantitative estimate of drug-likeness (QED) is 0.488. The van der Waals surface area contributed by atoms with Crippen LogP contribution in [0, 0.1) is 0 Å². The summed E-state index contributed by atoms with van der Waals surface area (Å²) in [7, 11) is 1.63. The third-order valence-electron chi connectivity index (χ3n) is 4.50. The minimum absolute atomic E-state index is 0.562. The Morgan fingerprint density at radius 2 is 1.76 bits per heavy atom. The molecule has 0 amide bonds. The molecule has 0 atom stereocenters. The van der Waals surface area contributed by atoms with Crippen molar-refractivity contribution in [3.63, 3.8) is 0 Å². The Morgan fingerprint density at radius 1 is 0.897 bits per heavy atom. The zero-order valence-corrected chi connectivity index (χ0v) is 16.2. The highest BCUT2D eigenvalue weighted by Crippen LogP contribution is 2.31. The Labute approximate surface area is 169 Å². The van der Waals surface area contributed by atoms with Crippen LogP contribution in [-0.4, -0.2) is 21.6 Å². The molecule has 0 saturated carbocycles. The molecule has 0 aliphatic carbocycles. The van der Waals surface area contributed by atoms with E-state index in [1.54, 1.807) is 19.5 Å². The smallest absolute Gasteiger partial charge is 0.223 e. The maximum atomic E-state index is 6.02. The number of rotatable bonds is 8. The summed E-state index contributed by atoms with van der Waals surface area (Å²) in [5.41, 5.74) is 3.16. The van der Waals surface area contributed by atoms with Crippen molar-refractivity contribution in [3.05, 3.63) is 96.7 Å². The maximum absolute atomic E-state index is 6.02. The Balaban J connectivity index is 1.45. The molecule has 29 heavy (non-hydrogen) atoms. The van der Waals surface area contributed by atoms with Crippen molar-refractivity contribution in [1.82, 2.24) is 19.9 Å². The van der Waals surface area contributed by atoms with Crippen molar-refractivity contribution in [2.45, 2.75) is 13.1 Å². The fourth-order valence-electron chi connectivity index (χ4n) is 3.09. The molecular formula is C23H22N4O2. The van der Waals surface area contributed by atoms with Crippen LogP contribution in [0.1, 0.15) is 11.3 Å². The Kier molecular flexibility index (Phi) is 5.83. The van der Waals surface area contributed by atoms with Crippen LogP contribution < -0.4 is 14.8 Å². The van der Waals surface area contributed by atoms with Crippen LogP contribution in [0.25, 0.3) is 5.69 Å². The molecule has 0 radical (unpaired) electrons. The molecule has 6 nitrogen and oxygen atoms in total. The Bertz CT molecular complexity index is 1060. The summed E-state index contributed by atoms with van der Waals surface area (Å²) >= 11 is 0. The molecule has 0 aliphatic heterocycles. The summed E-state index contributed by atoms with van der Waals surface area (Å²) in [4.78, 5) is 8.60. The maximum Gasteiger partial charge on any atom is 0.223 e. The van der Waals surface area contributed by atoms with Crippen LogP contribution in [0.2, 0.25) is 0 Å². The van der Waals surface area contributed by atoms with Gasteiger partial charge in [-0.2, -0.15) is 0 Å². The normalized spacial score (nSPS) is 10.7. The molecule has 3 heterocycles. The van der Waals surface area contributed by atoms with Gasteiger partial charge in [0.15, 0.2) is 11.5 Å². The number of methoxy groups -OCH3 is 1. The topological polar surface area (TPSA) is 61.2 Å². The molecule has 0 unspecified atom stereocenters. The van der Waals surface area contributed by atoms with Crippen molar-refractivity contribution in [1.29, 1.82) is 0 Å². The molecule has 0 saturated heterocycles. The molecule has 3 aromatic heterocycles. The number of benzene rings is 1. The minimum Gasteiger partial charge on any atom is -0.493 e. The van der Waals surface area contributed by atoms with E-state index < -0.39 is 0 Å². The van der Waals surface area contributed by atoms with Gasteiger partial charge in [0.1, 0.15) is 0 Å². The predicted octanol–water partition coefficient (Wildman–Crippen LogP) is 4.36. The highest BCUT2D eigenvalue weighted by Gasteiger charge is 2.10. The number of hydrogen-bond donors (Lipinski definition) is 1. The van der Waals surface area contributed by atoms with Crippen LogP contribution in [0.5, 0.6) is 17.4 Å². The first kappa shape index (κ1) is 18.7. The minimum atomic E-state index is 0.562. The number of hydrogen-bond acceptors (Lipinski definition) is 5. The molecule has 0 fully saturated rings. The highest BCUT2D eigenvalue weighted by atomic mass is 16.5. The second kappa shape index (κ2) is 9.03. The summed E-state index contributed by atoms with van der Waals surface area (Å²) in [6, 6.07) is 19.6. The predicted molar refractivity (Wildman–Crippen MR) is 111 cm³/mol. The summed E-state index contributed by atoms with van der Waals surface area (Å²) in [5.74, 6) is 1.87. The van der Waals surface area contributed by atoms with Crippen LogP contribution in [0.3, 0.4) is 0 Å². The van der Waals surface area contributed by atoms with Gasteiger partial charge in [0, 0.05) is 42.9 Å². The van der Waals surface area contributed by atoms with Crippen LogP contribution >= 0.6 is 0 Å². The lowest BCUT2D eigenvalue weighted by Gasteiger charge is -2.13.